The summed E-state index contributed by atoms with van der Waals surface area (Å²) in [5.41, 5.74) is 1.93. The maximum absolute atomic E-state index is 13.0. The molecule has 2 heterocycles. The van der Waals surface area contributed by atoms with E-state index in [1.54, 1.807) is 30.5 Å². The smallest absolute Gasteiger partial charge is 0.405 e. The predicted molar refractivity (Wildman–Crippen MR) is 106 cm³/mol. The van der Waals surface area contributed by atoms with E-state index in [4.69, 9.17) is 25.9 Å². The van der Waals surface area contributed by atoms with Crippen molar-refractivity contribution in [2.24, 2.45) is 0 Å². The normalized spacial score (nSPS) is 10.8. The highest BCUT2D eigenvalue weighted by atomic mass is 35.5. The molecule has 4 aromatic rings. The van der Waals surface area contributed by atoms with Crippen molar-refractivity contribution in [1.82, 2.24) is 10.3 Å². The Morgan fingerprint density at radius 3 is 2.59 bits per heavy atom. The lowest BCUT2D eigenvalue weighted by Crippen LogP contribution is -2.19. The van der Waals surface area contributed by atoms with Gasteiger partial charge in [-0.15, -0.1) is 0 Å². The Kier molecular flexibility index (Phi) is 5.05. The molecule has 1 amide bonds. The van der Waals surface area contributed by atoms with Crippen LogP contribution < -0.4 is 10.1 Å². The Morgan fingerprint density at radius 1 is 1.14 bits per heavy atom. The molecule has 0 saturated heterocycles. The molecule has 2 aromatic carbocycles. The van der Waals surface area contributed by atoms with E-state index >= 15 is 0 Å². The van der Waals surface area contributed by atoms with Gasteiger partial charge in [0, 0.05) is 10.9 Å². The van der Waals surface area contributed by atoms with Gasteiger partial charge >= 0.3 is 6.09 Å². The largest absolute Gasteiger partial charge is 0.465 e. The minimum absolute atomic E-state index is 0.0450. The number of aromatic nitrogens is 1. The van der Waals surface area contributed by atoms with Crippen LogP contribution in [0.15, 0.2) is 65.2 Å². The molecule has 6 nitrogen and oxygen atoms in total. The second-order valence-corrected chi connectivity index (χ2v) is 6.59. The van der Waals surface area contributed by atoms with E-state index in [1.807, 2.05) is 6.07 Å². The number of fused-ring (bicyclic) bond motifs is 1. The van der Waals surface area contributed by atoms with Gasteiger partial charge in [-0.05, 0) is 54.6 Å². The van der Waals surface area contributed by atoms with Crippen LogP contribution in [0.25, 0.3) is 22.2 Å². The van der Waals surface area contributed by atoms with Crippen LogP contribution in [0.5, 0.6) is 11.5 Å². The highest BCUT2D eigenvalue weighted by molar-refractivity contribution is 6.35. The molecule has 0 radical (unpaired) electrons. The van der Waals surface area contributed by atoms with Gasteiger partial charge in [0.2, 0.25) is 0 Å². The molecule has 0 saturated carbocycles. The van der Waals surface area contributed by atoms with Crippen LogP contribution in [-0.2, 0) is 6.54 Å². The molecular weight excluding hydrogens is 399 g/mol. The molecule has 0 bridgehead atoms. The van der Waals surface area contributed by atoms with Crippen LogP contribution in [0, 0.1) is 5.82 Å². The first-order chi connectivity index (χ1) is 14.0. The molecule has 0 aliphatic heterocycles. The third-order valence-corrected chi connectivity index (χ3v) is 4.40. The third-order valence-electron chi connectivity index (χ3n) is 4.12. The van der Waals surface area contributed by atoms with Gasteiger partial charge in [0.05, 0.1) is 23.5 Å². The summed E-state index contributed by atoms with van der Waals surface area (Å²) in [4.78, 5) is 15.0. The SMILES string of the molecule is O=C(O)NCc1cc2cc(-c3ccc(Oc4ccc(F)cc4)cn3)cc(Cl)c2o1. The number of nitrogens with one attached hydrogen (secondary N) is 1. The van der Waals surface area contributed by atoms with Crippen LogP contribution in [0.4, 0.5) is 9.18 Å². The Bertz CT molecular complexity index is 1170. The number of carboxylic acid groups (broad SMARTS) is 1. The van der Waals surface area contributed by atoms with E-state index < -0.39 is 6.09 Å². The van der Waals surface area contributed by atoms with Gasteiger partial charge in [-0.1, -0.05) is 11.6 Å². The monoisotopic (exact) mass is 412 g/mol. The molecule has 0 aliphatic carbocycles. The van der Waals surface area contributed by atoms with Crippen molar-refractivity contribution >= 4 is 28.7 Å². The number of carbonyl (C=O) groups is 1. The molecule has 146 valence electrons. The van der Waals surface area contributed by atoms with Crippen molar-refractivity contribution in [3.05, 3.63) is 77.4 Å². The van der Waals surface area contributed by atoms with Gasteiger partial charge in [0.1, 0.15) is 23.1 Å². The van der Waals surface area contributed by atoms with Gasteiger partial charge in [-0.2, -0.15) is 0 Å². The summed E-state index contributed by atoms with van der Waals surface area (Å²) in [5.74, 6) is 1.14. The van der Waals surface area contributed by atoms with Crippen LogP contribution in [0.1, 0.15) is 5.76 Å². The minimum Gasteiger partial charge on any atom is -0.465 e. The highest BCUT2D eigenvalue weighted by Crippen LogP contribution is 2.33. The van der Waals surface area contributed by atoms with E-state index in [2.05, 4.69) is 10.3 Å². The number of nitrogens with zero attached hydrogens (tertiary/aromatic N) is 1. The summed E-state index contributed by atoms with van der Waals surface area (Å²) in [6.45, 7) is 0.0450. The van der Waals surface area contributed by atoms with E-state index in [1.165, 1.54) is 24.3 Å². The fraction of sp³-hybridized carbons (Fsp3) is 0.0476. The number of pyridine rings is 1. The van der Waals surface area contributed by atoms with Gasteiger partial charge < -0.3 is 19.6 Å². The van der Waals surface area contributed by atoms with E-state index in [0.29, 0.717) is 33.6 Å². The van der Waals surface area contributed by atoms with Crippen molar-refractivity contribution < 1.29 is 23.4 Å². The average Bonchev–Trinajstić information content (AvgIpc) is 3.12. The number of benzene rings is 2. The summed E-state index contributed by atoms with van der Waals surface area (Å²) in [6, 6.07) is 14.6. The van der Waals surface area contributed by atoms with Gasteiger partial charge in [-0.25, -0.2) is 9.18 Å². The van der Waals surface area contributed by atoms with Crippen LogP contribution in [-0.4, -0.2) is 16.2 Å². The number of hydrogen-bond donors (Lipinski definition) is 2. The molecule has 0 spiro atoms. The number of ether oxygens (including phenoxy) is 1. The summed E-state index contributed by atoms with van der Waals surface area (Å²) in [5, 5.41) is 12.1. The van der Waals surface area contributed by atoms with Crippen LogP contribution in [0.3, 0.4) is 0 Å². The second kappa shape index (κ2) is 7.81. The molecule has 2 N–H and O–H groups in total. The number of amides is 1. The Balaban J connectivity index is 1.57. The Labute approximate surface area is 169 Å². The maximum atomic E-state index is 13.0. The van der Waals surface area contributed by atoms with E-state index in [9.17, 15) is 9.18 Å². The maximum Gasteiger partial charge on any atom is 0.405 e. The fourth-order valence-corrected chi connectivity index (χ4v) is 3.08. The fourth-order valence-electron chi connectivity index (χ4n) is 2.81. The van der Waals surface area contributed by atoms with Gasteiger partial charge in [0.15, 0.2) is 5.58 Å². The first kappa shape index (κ1) is 18.8. The predicted octanol–water partition coefficient (Wildman–Crippen LogP) is 5.85. The van der Waals surface area contributed by atoms with Crippen molar-refractivity contribution in [3.63, 3.8) is 0 Å². The van der Waals surface area contributed by atoms with Gasteiger partial charge in [-0.3, -0.25) is 4.98 Å². The lowest BCUT2D eigenvalue weighted by atomic mass is 10.1. The summed E-state index contributed by atoms with van der Waals surface area (Å²) in [7, 11) is 0. The summed E-state index contributed by atoms with van der Waals surface area (Å²) >= 11 is 6.33. The van der Waals surface area contributed by atoms with E-state index in [-0.39, 0.29) is 12.4 Å². The van der Waals surface area contributed by atoms with E-state index in [0.717, 1.165) is 10.9 Å². The zero-order valence-electron chi connectivity index (χ0n) is 14.9. The molecule has 2 aromatic heterocycles. The number of hydrogen-bond acceptors (Lipinski definition) is 4. The van der Waals surface area contributed by atoms with Crippen molar-refractivity contribution in [3.8, 4) is 22.8 Å². The van der Waals surface area contributed by atoms with Gasteiger partial charge in [0.25, 0.3) is 0 Å². The number of furan rings is 1. The molecule has 4 rings (SSSR count). The number of halogens is 2. The lowest BCUT2D eigenvalue weighted by molar-refractivity contribution is 0.193. The Morgan fingerprint density at radius 2 is 1.90 bits per heavy atom. The zero-order chi connectivity index (χ0) is 20.4. The van der Waals surface area contributed by atoms with Crippen molar-refractivity contribution in [1.29, 1.82) is 0 Å². The topological polar surface area (TPSA) is 84.6 Å². The minimum atomic E-state index is -1.13. The molecule has 0 unspecified atom stereocenters. The molecule has 0 fully saturated rings. The second-order valence-electron chi connectivity index (χ2n) is 6.18. The molecule has 0 aliphatic rings. The molecule has 8 heteroatoms. The third kappa shape index (κ3) is 4.30. The standard InChI is InChI=1S/C21H14ClFN2O4/c22-18-9-12(7-13-8-17(29-20(13)18)11-25-21(26)27)19-6-5-16(10-24-19)28-15-3-1-14(23)2-4-15/h1-10,25H,11H2,(H,26,27). The Hall–Kier alpha value is -3.58. The average molecular weight is 413 g/mol. The summed E-state index contributed by atoms with van der Waals surface area (Å²) in [6.07, 6.45) is 0.429. The van der Waals surface area contributed by atoms with Crippen molar-refractivity contribution in [2.45, 2.75) is 6.54 Å². The molecule has 29 heavy (non-hydrogen) atoms. The van der Waals surface area contributed by atoms with Crippen LogP contribution in [0.2, 0.25) is 5.02 Å². The first-order valence-electron chi connectivity index (χ1n) is 8.56. The van der Waals surface area contributed by atoms with Crippen molar-refractivity contribution in [2.75, 3.05) is 0 Å². The number of rotatable bonds is 5. The molecule has 0 atom stereocenters. The zero-order valence-corrected chi connectivity index (χ0v) is 15.6. The molecular formula is C21H14ClFN2O4. The first-order valence-corrected chi connectivity index (χ1v) is 8.94. The summed E-state index contributed by atoms with van der Waals surface area (Å²) < 4.78 is 24.2. The lowest BCUT2D eigenvalue weighted by Gasteiger charge is -2.07. The highest BCUT2D eigenvalue weighted by Gasteiger charge is 2.12. The van der Waals surface area contributed by atoms with Crippen LogP contribution >= 0.6 is 11.6 Å². The quantitative estimate of drug-likeness (QED) is 0.429.